The molecule has 1 saturated heterocycles. The highest BCUT2D eigenvalue weighted by Gasteiger charge is 2.17. The number of aliphatic hydroxyl groups excluding tert-OH is 1. The van der Waals surface area contributed by atoms with Crippen LogP contribution in [0.25, 0.3) is 0 Å². The lowest BCUT2D eigenvalue weighted by atomic mass is 9.98. The van der Waals surface area contributed by atoms with Gasteiger partial charge in [0.15, 0.2) is 0 Å². The molecule has 0 bridgehead atoms. The van der Waals surface area contributed by atoms with Crippen LogP contribution < -0.4 is 4.74 Å². The maximum absolute atomic E-state index is 9.21. The van der Waals surface area contributed by atoms with Crippen LogP contribution in [-0.4, -0.2) is 30.2 Å². The number of aliphatic hydroxyl groups is 1. The van der Waals surface area contributed by atoms with Gasteiger partial charge in [-0.05, 0) is 49.5 Å². The predicted molar refractivity (Wildman–Crippen MR) is 72.6 cm³/mol. The Bertz CT molecular complexity index is 384. The van der Waals surface area contributed by atoms with Gasteiger partial charge in [0, 0.05) is 12.1 Å². The SMILES string of the molecule is COc1ccc(CO)cc1CN1CCC(C)CC1. The fourth-order valence-electron chi connectivity index (χ4n) is 2.51. The highest BCUT2D eigenvalue weighted by Crippen LogP contribution is 2.24. The molecule has 1 aromatic rings. The Labute approximate surface area is 109 Å². The zero-order valence-corrected chi connectivity index (χ0v) is 11.4. The predicted octanol–water partition coefficient (Wildman–Crippen LogP) is 2.42. The second-order valence-corrected chi connectivity index (χ2v) is 5.26. The van der Waals surface area contributed by atoms with Gasteiger partial charge in [0.05, 0.1) is 13.7 Å². The zero-order chi connectivity index (χ0) is 13.0. The molecular weight excluding hydrogens is 226 g/mol. The van der Waals surface area contributed by atoms with E-state index in [9.17, 15) is 5.11 Å². The highest BCUT2D eigenvalue weighted by molar-refractivity contribution is 5.37. The first-order valence-electron chi connectivity index (χ1n) is 6.72. The van der Waals surface area contributed by atoms with Crippen LogP contribution in [0.4, 0.5) is 0 Å². The quantitative estimate of drug-likeness (QED) is 0.889. The van der Waals surface area contributed by atoms with E-state index in [2.05, 4.69) is 17.9 Å². The second-order valence-electron chi connectivity index (χ2n) is 5.26. The van der Waals surface area contributed by atoms with Crippen LogP contribution >= 0.6 is 0 Å². The molecule has 1 aliphatic heterocycles. The molecule has 1 fully saturated rings. The number of piperidine rings is 1. The number of rotatable bonds is 4. The normalized spacial score (nSPS) is 17.9. The lowest BCUT2D eigenvalue weighted by molar-refractivity contribution is 0.183. The maximum Gasteiger partial charge on any atom is 0.123 e. The molecule has 0 amide bonds. The minimum Gasteiger partial charge on any atom is -0.496 e. The van der Waals surface area contributed by atoms with E-state index in [0.29, 0.717) is 0 Å². The average Bonchev–Trinajstić information content (AvgIpc) is 2.41. The van der Waals surface area contributed by atoms with Gasteiger partial charge in [-0.1, -0.05) is 13.0 Å². The van der Waals surface area contributed by atoms with Gasteiger partial charge >= 0.3 is 0 Å². The third-order valence-corrected chi connectivity index (χ3v) is 3.80. The Balaban J connectivity index is 2.07. The maximum atomic E-state index is 9.21. The molecule has 18 heavy (non-hydrogen) atoms. The van der Waals surface area contributed by atoms with Gasteiger partial charge in [0.1, 0.15) is 5.75 Å². The van der Waals surface area contributed by atoms with E-state index in [4.69, 9.17) is 4.74 Å². The van der Waals surface area contributed by atoms with Crippen molar-refractivity contribution in [2.45, 2.75) is 32.9 Å². The Morgan fingerprint density at radius 2 is 2.06 bits per heavy atom. The van der Waals surface area contributed by atoms with Crippen LogP contribution in [0.1, 0.15) is 30.9 Å². The van der Waals surface area contributed by atoms with E-state index in [0.717, 1.165) is 36.9 Å². The van der Waals surface area contributed by atoms with Crippen molar-refractivity contribution in [2.75, 3.05) is 20.2 Å². The van der Waals surface area contributed by atoms with Gasteiger partial charge in [0.25, 0.3) is 0 Å². The molecule has 0 aromatic heterocycles. The summed E-state index contributed by atoms with van der Waals surface area (Å²) in [6, 6.07) is 5.92. The van der Waals surface area contributed by atoms with Crippen molar-refractivity contribution in [3.8, 4) is 5.75 Å². The van der Waals surface area contributed by atoms with E-state index in [1.165, 1.54) is 18.4 Å². The third-order valence-electron chi connectivity index (χ3n) is 3.80. The minimum absolute atomic E-state index is 0.0913. The molecule has 3 heteroatoms. The number of benzene rings is 1. The van der Waals surface area contributed by atoms with Crippen LogP contribution in [0, 0.1) is 5.92 Å². The van der Waals surface area contributed by atoms with E-state index >= 15 is 0 Å². The van der Waals surface area contributed by atoms with Gasteiger partial charge in [-0.15, -0.1) is 0 Å². The Morgan fingerprint density at radius 3 is 2.67 bits per heavy atom. The summed E-state index contributed by atoms with van der Waals surface area (Å²) in [5.74, 6) is 1.78. The van der Waals surface area contributed by atoms with Crippen molar-refractivity contribution in [1.82, 2.24) is 4.90 Å². The first-order valence-corrected chi connectivity index (χ1v) is 6.72. The van der Waals surface area contributed by atoms with Crippen molar-refractivity contribution in [3.63, 3.8) is 0 Å². The summed E-state index contributed by atoms with van der Waals surface area (Å²) < 4.78 is 5.40. The van der Waals surface area contributed by atoms with E-state index < -0.39 is 0 Å². The van der Waals surface area contributed by atoms with Crippen LogP contribution in [-0.2, 0) is 13.2 Å². The fourth-order valence-corrected chi connectivity index (χ4v) is 2.51. The number of likely N-dealkylation sites (tertiary alicyclic amines) is 1. The van der Waals surface area contributed by atoms with Crippen LogP contribution in [0.5, 0.6) is 5.75 Å². The van der Waals surface area contributed by atoms with Gasteiger partial charge in [-0.25, -0.2) is 0 Å². The molecule has 0 radical (unpaired) electrons. The third kappa shape index (κ3) is 3.24. The van der Waals surface area contributed by atoms with Gasteiger partial charge < -0.3 is 9.84 Å². The van der Waals surface area contributed by atoms with Crippen molar-refractivity contribution in [3.05, 3.63) is 29.3 Å². The molecule has 100 valence electrons. The Kier molecular flexibility index (Phi) is 4.61. The van der Waals surface area contributed by atoms with Crippen LogP contribution in [0.3, 0.4) is 0 Å². The number of hydrogen-bond donors (Lipinski definition) is 1. The molecule has 1 aliphatic rings. The number of nitrogens with zero attached hydrogens (tertiary/aromatic N) is 1. The molecule has 2 rings (SSSR count). The largest absolute Gasteiger partial charge is 0.496 e. The summed E-state index contributed by atoms with van der Waals surface area (Å²) in [4.78, 5) is 2.47. The molecule has 0 saturated carbocycles. The molecule has 0 aliphatic carbocycles. The van der Waals surface area contributed by atoms with E-state index in [-0.39, 0.29) is 6.61 Å². The number of ether oxygens (including phenoxy) is 1. The molecular formula is C15H23NO2. The molecule has 3 nitrogen and oxygen atoms in total. The average molecular weight is 249 g/mol. The lowest BCUT2D eigenvalue weighted by Crippen LogP contribution is -2.32. The monoisotopic (exact) mass is 249 g/mol. The summed E-state index contributed by atoms with van der Waals surface area (Å²) in [7, 11) is 1.70. The zero-order valence-electron chi connectivity index (χ0n) is 11.4. The molecule has 1 heterocycles. The fraction of sp³-hybridized carbons (Fsp3) is 0.600. The lowest BCUT2D eigenvalue weighted by Gasteiger charge is -2.30. The Hall–Kier alpha value is -1.06. The standard InChI is InChI=1S/C15H23NO2/c1-12-5-7-16(8-6-12)10-14-9-13(11-17)3-4-15(14)18-2/h3-4,9,12,17H,5-8,10-11H2,1-2H3. The van der Waals surface area contributed by atoms with Crippen molar-refractivity contribution in [2.24, 2.45) is 5.92 Å². The van der Waals surface area contributed by atoms with Crippen LogP contribution in [0.15, 0.2) is 18.2 Å². The summed E-state index contributed by atoms with van der Waals surface area (Å²) in [5.41, 5.74) is 2.13. The number of hydrogen-bond acceptors (Lipinski definition) is 3. The summed E-state index contributed by atoms with van der Waals surface area (Å²) in [5, 5.41) is 9.21. The first kappa shape index (κ1) is 13.4. The van der Waals surface area contributed by atoms with Gasteiger partial charge in [0.2, 0.25) is 0 Å². The smallest absolute Gasteiger partial charge is 0.123 e. The molecule has 1 aromatic carbocycles. The summed E-state index contributed by atoms with van der Waals surface area (Å²) >= 11 is 0. The molecule has 0 unspecified atom stereocenters. The summed E-state index contributed by atoms with van der Waals surface area (Å²) in [6.45, 7) is 5.66. The van der Waals surface area contributed by atoms with Crippen molar-refractivity contribution >= 4 is 0 Å². The van der Waals surface area contributed by atoms with E-state index in [1.807, 2.05) is 12.1 Å². The molecule has 0 spiro atoms. The number of methoxy groups -OCH3 is 1. The highest BCUT2D eigenvalue weighted by atomic mass is 16.5. The van der Waals surface area contributed by atoms with Gasteiger partial charge in [-0.2, -0.15) is 0 Å². The minimum atomic E-state index is 0.0913. The van der Waals surface area contributed by atoms with Crippen molar-refractivity contribution in [1.29, 1.82) is 0 Å². The Morgan fingerprint density at radius 1 is 1.33 bits per heavy atom. The molecule has 0 atom stereocenters. The molecule has 1 N–H and O–H groups in total. The first-order chi connectivity index (χ1) is 8.72. The van der Waals surface area contributed by atoms with Gasteiger partial charge in [-0.3, -0.25) is 4.90 Å². The summed E-state index contributed by atoms with van der Waals surface area (Å²) in [6.07, 6.45) is 2.56. The van der Waals surface area contributed by atoms with E-state index in [1.54, 1.807) is 7.11 Å². The topological polar surface area (TPSA) is 32.7 Å². The van der Waals surface area contributed by atoms with Crippen LogP contribution in [0.2, 0.25) is 0 Å². The second kappa shape index (κ2) is 6.21. The van der Waals surface area contributed by atoms with Crippen molar-refractivity contribution < 1.29 is 9.84 Å².